The predicted octanol–water partition coefficient (Wildman–Crippen LogP) is 1.62. The molecule has 0 bridgehead atoms. The van der Waals surface area contributed by atoms with Crippen LogP contribution in [-0.2, 0) is 0 Å². The number of nitrogens with zero attached hydrogens (tertiary/aromatic N) is 1. The number of carbonyl (C=O) groups is 1. The molecule has 0 unspecified atom stereocenters. The standard InChI is InChI=1S/C14H22N2O3/c1-4-14(5-2,10-17)9-16-13(18)11-6-7-12(19-3)15-8-11/h6-8,17H,4-5,9-10H2,1-3H3,(H,16,18). The van der Waals surface area contributed by atoms with Gasteiger partial charge in [-0.25, -0.2) is 4.98 Å². The summed E-state index contributed by atoms with van der Waals surface area (Å²) in [5.41, 5.74) is 0.245. The summed E-state index contributed by atoms with van der Waals surface area (Å²) in [5, 5.41) is 12.3. The smallest absolute Gasteiger partial charge is 0.252 e. The minimum Gasteiger partial charge on any atom is -0.481 e. The van der Waals surface area contributed by atoms with E-state index in [2.05, 4.69) is 10.3 Å². The van der Waals surface area contributed by atoms with Crippen LogP contribution in [0.4, 0.5) is 0 Å². The van der Waals surface area contributed by atoms with Gasteiger partial charge in [0.1, 0.15) is 0 Å². The van der Waals surface area contributed by atoms with E-state index in [4.69, 9.17) is 4.74 Å². The third kappa shape index (κ3) is 3.92. The number of nitrogens with one attached hydrogen (secondary N) is 1. The molecule has 1 aromatic heterocycles. The van der Waals surface area contributed by atoms with Crippen molar-refractivity contribution in [1.82, 2.24) is 10.3 Å². The topological polar surface area (TPSA) is 71.5 Å². The van der Waals surface area contributed by atoms with Crippen molar-refractivity contribution in [1.29, 1.82) is 0 Å². The molecule has 0 saturated carbocycles. The number of carbonyl (C=O) groups excluding carboxylic acids is 1. The number of aromatic nitrogens is 1. The lowest BCUT2D eigenvalue weighted by Crippen LogP contribution is -2.39. The van der Waals surface area contributed by atoms with E-state index in [0.29, 0.717) is 18.0 Å². The lowest BCUT2D eigenvalue weighted by Gasteiger charge is -2.29. The van der Waals surface area contributed by atoms with Gasteiger partial charge in [-0.15, -0.1) is 0 Å². The Labute approximate surface area is 114 Å². The highest BCUT2D eigenvalue weighted by Crippen LogP contribution is 2.24. The molecule has 5 heteroatoms. The Morgan fingerprint density at radius 2 is 2.11 bits per heavy atom. The Kier molecular flexibility index (Phi) is 5.76. The van der Waals surface area contributed by atoms with Gasteiger partial charge in [-0.3, -0.25) is 4.79 Å². The number of rotatable bonds is 7. The molecule has 1 aromatic rings. The van der Waals surface area contributed by atoms with Crippen molar-refractivity contribution in [3.05, 3.63) is 23.9 Å². The Hall–Kier alpha value is -1.62. The predicted molar refractivity (Wildman–Crippen MR) is 73.2 cm³/mol. The van der Waals surface area contributed by atoms with Crippen LogP contribution in [0.3, 0.4) is 0 Å². The summed E-state index contributed by atoms with van der Waals surface area (Å²) in [6.07, 6.45) is 3.12. The quantitative estimate of drug-likeness (QED) is 0.786. The fraction of sp³-hybridized carbons (Fsp3) is 0.571. The van der Waals surface area contributed by atoms with Crippen molar-refractivity contribution in [3.63, 3.8) is 0 Å². The highest BCUT2D eigenvalue weighted by molar-refractivity contribution is 5.93. The number of aliphatic hydroxyl groups excluding tert-OH is 1. The maximum Gasteiger partial charge on any atom is 0.252 e. The monoisotopic (exact) mass is 266 g/mol. The summed E-state index contributed by atoms with van der Waals surface area (Å²) in [6.45, 7) is 4.56. The van der Waals surface area contributed by atoms with Crippen LogP contribution >= 0.6 is 0 Å². The van der Waals surface area contributed by atoms with Crippen molar-refractivity contribution in [2.24, 2.45) is 5.41 Å². The molecule has 1 rings (SSSR count). The van der Waals surface area contributed by atoms with Crippen LogP contribution in [0.2, 0.25) is 0 Å². The second kappa shape index (κ2) is 7.09. The van der Waals surface area contributed by atoms with Gasteiger partial charge in [-0.05, 0) is 18.9 Å². The largest absolute Gasteiger partial charge is 0.481 e. The molecule has 5 nitrogen and oxygen atoms in total. The minimum absolute atomic E-state index is 0.0706. The molecule has 0 aromatic carbocycles. The van der Waals surface area contributed by atoms with Gasteiger partial charge < -0.3 is 15.2 Å². The van der Waals surface area contributed by atoms with Crippen molar-refractivity contribution >= 4 is 5.91 Å². The van der Waals surface area contributed by atoms with Crippen LogP contribution < -0.4 is 10.1 Å². The van der Waals surface area contributed by atoms with Gasteiger partial charge in [0, 0.05) is 24.2 Å². The van der Waals surface area contributed by atoms with Crippen LogP contribution in [0.1, 0.15) is 37.0 Å². The first-order valence-corrected chi connectivity index (χ1v) is 6.50. The molecule has 0 fully saturated rings. The van der Waals surface area contributed by atoms with E-state index in [0.717, 1.165) is 12.8 Å². The van der Waals surface area contributed by atoms with Crippen molar-refractivity contribution in [2.45, 2.75) is 26.7 Å². The molecule has 0 radical (unpaired) electrons. The van der Waals surface area contributed by atoms with Crippen LogP contribution in [0.15, 0.2) is 18.3 Å². The molecule has 2 N–H and O–H groups in total. The van der Waals surface area contributed by atoms with E-state index in [1.165, 1.54) is 13.3 Å². The van der Waals surface area contributed by atoms with Gasteiger partial charge in [-0.2, -0.15) is 0 Å². The molecule has 0 aliphatic rings. The lowest BCUT2D eigenvalue weighted by molar-refractivity contribution is 0.0850. The molecule has 0 spiro atoms. The van der Waals surface area contributed by atoms with Crippen LogP contribution in [0.5, 0.6) is 5.88 Å². The molecule has 0 aliphatic carbocycles. The Balaban J connectivity index is 2.63. The van der Waals surface area contributed by atoms with Crippen LogP contribution in [0.25, 0.3) is 0 Å². The Morgan fingerprint density at radius 1 is 1.42 bits per heavy atom. The third-order valence-corrected chi connectivity index (χ3v) is 3.67. The molecule has 0 atom stereocenters. The summed E-state index contributed by atoms with van der Waals surface area (Å²) in [6, 6.07) is 3.31. The van der Waals surface area contributed by atoms with Crippen molar-refractivity contribution < 1.29 is 14.6 Å². The SMILES string of the molecule is CCC(CC)(CO)CNC(=O)c1ccc(OC)nc1. The average Bonchev–Trinajstić information content (AvgIpc) is 2.49. The van der Waals surface area contributed by atoms with Gasteiger partial charge in [0.2, 0.25) is 5.88 Å². The molecular formula is C14H22N2O3. The first kappa shape index (κ1) is 15.4. The minimum atomic E-state index is -0.241. The molecule has 106 valence electrons. The zero-order chi connectivity index (χ0) is 14.3. The maximum atomic E-state index is 12.0. The molecule has 0 saturated heterocycles. The van der Waals surface area contributed by atoms with E-state index in [1.54, 1.807) is 12.1 Å². The van der Waals surface area contributed by atoms with Crippen LogP contribution in [-0.4, -0.2) is 36.3 Å². The normalized spacial score (nSPS) is 11.2. The van der Waals surface area contributed by atoms with Gasteiger partial charge in [-0.1, -0.05) is 13.8 Å². The zero-order valence-corrected chi connectivity index (χ0v) is 11.8. The van der Waals surface area contributed by atoms with E-state index < -0.39 is 0 Å². The number of amides is 1. The molecular weight excluding hydrogens is 244 g/mol. The first-order valence-electron chi connectivity index (χ1n) is 6.50. The van der Waals surface area contributed by atoms with E-state index in [-0.39, 0.29) is 17.9 Å². The van der Waals surface area contributed by atoms with E-state index in [9.17, 15) is 9.90 Å². The molecule has 19 heavy (non-hydrogen) atoms. The van der Waals surface area contributed by atoms with E-state index in [1.807, 2.05) is 13.8 Å². The van der Waals surface area contributed by atoms with Gasteiger partial charge in [0.05, 0.1) is 19.3 Å². The second-order valence-corrected chi connectivity index (χ2v) is 4.64. The molecule has 1 amide bonds. The molecule has 0 aliphatic heterocycles. The number of hydrogen-bond acceptors (Lipinski definition) is 4. The number of methoxy groups -OCH3 is 1. The van der Waals surface area contributed by atoms with Crippen LogP contribution in [0, 0.1) is 5.41 Å². The lowest BCUT2D eigenvalue weighted by atomic mass is 9.83. The van der Waals surface area contributed by atoms with Crippen molar-refractivity contribution in [3.8, 4) is 5.88 Å². The number of hydrogen-bond donors (Lipinski definition) is 2. The van der Waals surface area contributed by atoms with E-state index >= 15 is 0 Å². The van der Waals surface area contributed by atoms with Gasteiger partial charge in [0.25, 0.3) is 5.91 Å². The van der Waals surface area contributed by atoms with Gasteiger partial charge >= 0.3 is 0 Å². The number of ether oxygens (including phenoxy) is 1. The van der Waals surface area contributed by atoms with Gasteiger partial charge in [0.15, 0.2) is 0 Å². The fourth-order valence-corrected chi connectivity index (χ4v) is 1.78. The summed E-state index contributed by atoms with van der Waals surface area (Å²) >= 11 is 0. The Morgan fingerprint density at radius 3 is 2.53 bits per heavy atom. The summed E-state index contributed by atoms with van der Waals surface area (Å²) in [4.78, 5) is 16.0. The zero-order valence-electron chi connectivity index (χ0n) is 11.8. The van der Waals surface area contributed by atoms with Crippen molar-refractivity contribution in [2.75, 3.05) is 20.3 Å². The second-order valence-electron chi connectivity index (χ2n) is 4.64. The number of pyridine rings is 1. The highest BCUT2D eigenvalue weighted by Gasteiger charge is 2.25. The average molecular weight is 266 g/mol. The number of aliphatic hydroxyl groups is 1. The first-order chi connectivity index (χ1) is 9.10. The summed E-state index contributed by atoms with van der Waals surface area (Å²) < 4.78 is 4.94. The third-order valence-electron chi connectivity index (χ3n) is 3.67. The molecule has 1 heterocycles. The summed E-state index contributed by atoms with van der Waals surface area (Å²) in [7, 11) is 1.53. The Bertz CT molecular complexity index is 391. The fourth-order valence-electron chi connectivity index (χ4n) is 1.78. The highest BCUT2D eigenvalue weighted by atomic mass is 16.5. The maximum absolute atomic E-state index is 12.0. The summed E-state index contributed by atoms with van der Waals surface area (Å²) in [5.74, 6) is 0.290.